The minimum absolute atomic E-state index is 0.285. The molecule has 0 fully saturated rings. The molecule has 0 aliphatic carbocycles. The third-order valence-corrected chi connectivity index (χ3v) is 7.53. The van der Waals surface area contributed by atoms with Crippen LogP contribution in [0.2, 0.25) is 19.6 Å². The molecule has 0 heterocycles. The quantitative estimate of drug-likeness (QED) is 0.820. The van der Waals surface area contributed by atoms with E-state index in [0.29, 0.717) is 6.54 Å². The van der Waals surface area contributed by atoms with Crippen LogP contribution in [-0.4, -0.2) is 21.9 Å². The number of rotatable bonds is 5. The summed E-state index contributed by atoms with van der Waals surface area (Å²) in [6.07, 6.45) is 0. The van der Waals surface area contributed by atoms with Crippen molar-refractivity contribution in [2.45, 2.75) is 26.2 Å². The summed E-state index contributed by atoms with van der Waals surface area (Å²) < 4.78 is 26.1. The van der Waals surface area contributed by atoms with E-state index in [1.54, 1.807) is 0 Å². The maximum atomic E-state index is 11.7. The summed E-state index contributed by atoms with van der Waals surface area (Å²) in [7, 11) is -4.71. The lowest BCUT2D eigenvalue weighted by Gasteiger charge is -2.16. The summed E-state index contributed by atoms with van der Waals surface area (Å²) in [5.41, 5.74) is 0.988. The van der Waals surface area contributed by atoms with E-state index >= 15 is 0 Å². The van der Waals surface area contributed by atoms with E-state index < -0.39 is 18.1 Å². The Morgan fingerprint density at radius 2 is 1.69 bits per heavy atom. The molecule has 0 unspecified atom stereocenters. The number of benzene rings is 1. The Bertz CT molecular complexity index is 423. The second kappa shape index (κ2) is 5.12. The fourth-order valence-electron chi connectivity index (χ4n) is 1.41. The van der Waals surface area contributed by atoms with E-state index in [2.05, 4.69) is 24.4 Å². The van der Waals surface area contributed by atoms with Crippen LogP contribution in [0.4, 0.5) is 0 Å². The van der Waals surface area contributed by atoms with Crippen molar-refractivity contribution in [3.63, 3.8) is 0 Å². The Morgan fingerprint density at radius 3 is 2.19 bits per heavy atom. The second-order valence-corrected chi connectivity index (χ2v) is 12.9. The van der Waals surface area contributed by atoms with Gasteiger partial charge in [0.25, 0.3) is 0 Å². The van der Waals surface area contributed by atoms with Crippen LogP contribution >= 0.6 is 0 Å². The van der Waals surface area contributed by atoms with Crippen molar-refractivity contribution in [2.75, 3.05) is 5.38 Å². The van der Waals surface area contributed by atoms with Gasteiger partial charge in [0, 0.05) is 6.54 Å². The molecule has 0 aliphatic rings. The zero-order valence-corrected chi connectivity index (χ0v) is 11.8. The molecule has 0 atom stereocenters. The lowest BCUT2D eigenvalue weighted by atomic mass is 10.2. The van der Waals surface area contributed by atoms with Crippen molar-refractivity contribution < 1.29 is 8.42 Å². The van der Waals surface area contributed by atoms with Crippen molar-refractivity contribution in [3.8, 4) is 0 Å². The van der Waals surface area contributed by atoms with Gasteiger partial charge in [0.1, 0.15) is 0 Å². The molecular weight excluding hydrogens is 238 g/mol. The van der Waals surface area contributed by atoms with Gasteiger partial charge in [0.2, 0.25) is 10.0 Å². The molecular formula is C11H19NO2SSi. The van der Waals surface area contributed by atoms with Gasteiger partial charge in [-0.1, -0.05) is 50.0 Å². The minimum Gasteiger partial charge on any atom is -0.213 e. The van der Waals surface area contributed by atoms with E-state index in [1.807, 2.05) is 30.3 Å². The molecule has 0 radical (unpaired) electrons. The summed E-state index contributed by atoms with van der Waals surface area (Å²) in [6, 6.07) is 9.55. The predicted molar refractivity (Wildman–Crippen MR) is 70.4 cm³/mol. The standard InChI is InChI=1S/C11H19NO2SSi/c1-16(2,3)10-15(13,14)12-9-11-7-5-4-6-8-11/h4-8,12H,9-10H2,1-3H3. The largest absolute Gasteiger partial charge is 0.213 e. The van der Waals surface area contributed by atoms with Crippen molar-refractivity contribution >= 4 is 18.1 Å². The molecule has 90 valence electrons. The van der Waals surface area contributed by atoms with E-state index in [9.17, 15) is 8.42 Å². The summed E-state index contributed by atoms with van der Waals surface area (Å²) in [6.45, 7) is 6.53. The van der Waals surface area contributed by atoms with Crippen LogP contribution in [0.3, 0.4) is 0 Å². The van der Waals surface area contributed by atoms with Crippen LogP contribution in [0.25, 0.3) is 0 Å². The van der Waals surface area contributed by atoms with Crippen LogP contribution < -0.4 is 4.72 Å². The zero-order chi connectivity index (χ0) is 12.2. The number of hydrogen-bond acceptors (Lipinski definition) is 2. The lowest BCUT2D eigenvalue weighted by molar-refractivity contribution is 0.585. The van der Waals surface area contributed by atoms with Gasteiger partial charge in [-0.05, 0) is 5.56 Å². The highest BCUT2D eigenvalue weighted by atomic mass is 32.2. The first-order valence-corrected chi connectivity index (χ1v) is 10.7. The highest BCUT2D eigenvalue weighted by Gasteiger charge is 2.22. The van der Waals surface area contributed by atoms with Crippen molar-refractivity contribution in [2.24, 2.45) is 0 Å². The van der Waals surface area contributed by atoms with Crippen LogP contribution in [0.1, 0.15) is 5.56 Å². The second-order valence-electron chi connectivity index (χ2n) is 5.13. The van der Waals surface area contributed by atoms with Gasteiger partial charge in [0.15, 0.2) is 0 Å². The minimum atomic E-state index is -3.13. The molecule has 0 aromatic heterocycles. The monoisotopic (exact) mass is 257 g/mol. The van der Waals surface area contributed by atoms with E-state index in [1.165, 1.54) is 0 Å². The first-order valence-electron chi connectivity index (χ1n) is 5.30. The fraction of sp³-hybridized carbons (Fsp3) is 0.455. The number of nitrogens with one attached hydrogen (secondary N) is 1. The van der Waals surface area contributed by atoms with Crippen molar-refractivity contribution in [1.82, 2.24) is 4.72 Å². The van der Waals surface area contributed by atoms with E-state index in [0.717, 1.165) is 5.56 Å². The first kappa shape index (κ1) is 13.4. The molecule has 0 spiro atoms. The molecule has 0 saturated heterocycles. The van der Waals surface area contributed by atoms with Crippen LogP contribution in [0.15, 0.2) is 30.3 Å². The highest BCUT2D eigenvalue weighted by Crippen LogP contribution is 2.05. The SMILES string of the molecule is C[Si](C)(C)CS(=O)(=O)NCc1ccccc1. The van der Waals surface area contributed by atoms with Gasteiger partial charge in [-0.25, -0.2) is 13.1 Å². The van der Waals surface area contributed by atoms with Gasteiger partial charge >= 0.3 is 0 Å². The maximum absolute atomic E-state index is 11.7. The number of hydrogen-bond donors (Lipinski definition) is 1. The van der Waals surface area contributed by atoms with Crippen LogP contribution in [-0.2, 0) is 16.6 Å². The Hall–Kier alpha value is -0.653. The van der Waals surface area contributed by atoms with Gasteiger partial charge in [-0.15, -0.1) is 0 Å². The molecule has 0 saturated carbocycles. The Balaban J connectivity index is 2.56. The van der Waals surface area contributed by atoms with E-state index in [4.69, 9.17) is 0 Å². The Labute approximate surface area is 98.9 Å². The highest BCUT2D eigenvalue weighted by molar-refractivity contribution is 7.91. The van der Waals surface area contributed by atoms with Gasteiger partial charge in [-0.2, -0.15) is 0 Å². The predicted octanol–water partition coefficient (Wildman–Crippen LogP) is 1.98. The first-order chi connectivity index (χ1) is 7.29. The van der Waals surface area contributed by atoms with Crippen LogP contribution in [0.5, 0.6) is 0 Å². The Kier molecular flexibility index (Phi) is 4.29. The summed E-state index contributed by atoms with van der Waals surface area (Å²) in [4.78, 5) is 0. The summed E-state index contributed by atoms with van der Waals surface area (Å²) in [5.74, 6) is 0. The Morgan fingerprint density at radius 1 is 1.12 bits per heavy atom. The van der Waals surface area contributed by atoms with Crippen molar-refractivity contribution in [3.05, 3.63) is 35.9 Å². The van der Waals surface area contributed by atoms with Crippen LogP contribution in [0, 0.1) is 0 Å². The third kappa shape index (κ3) is 5.44. The molecule has 1 aromatic rings. The normalized spacial score (nSPS) is 12.7. The summed E-state index contributed by atoms with van der Waals surface area (Å²) in [5, 5.41) is 0.285. The third-order valence-electron chi connectivity index (χ3n) is 1.96. The van der Waals surface area contributed by atoms with Crippen molar-refractivity contribution in [1.29, 1.82) is 0 Å². The lowest BCUT2D eigenvalue weighted by Crippen LogP contribution is -2.38. The molecule has 1 rings (SSSR count). The molecule has 0 bridgehead atoms. The smallest absolute Gasteiger partial charge is 0.209 e. The number of sulfonamides is 1. The molecule has 3 nitrogen and oxygen atoms in total. The average Bonchev–Trinajstić information content (AvgIpc) is 2.13. The van der Waals surface area contributed by atoms with Gasteiger partial charge in [-0.3, -0.25) is 0 Å². The van der Waals surface area contributed by atoms with Gasteiger partial charge in [0.05, 0.1) is 13.5 Å². The topological polar surface area (TPSA) is 46.2 Å². The molecule has 1 N–H and O–H groups in total. The maximum Gasteiger partial charge on any atom is 0.209 e. The average molecular weight is 257 g/mol. The van der Waals surface area contributed by atoms with E-state index in [-0.39, 0.29) is 5.38 Å². The molecule has 16 heavy (non-hydrogen) atoms. The molecule has 5 heteroatoms. The van der Waals surface area contributed by atoms with Gasteiger partial charge < -0.3 is 0 Å². The zero-order valence-electron chi connectivity index (χ0n) is 10.0. The molecule has 0 amide bonds. The summed E-state index contributed by atoms with van der Waals surface area (Å²) >= 11 is 0. The molecule has 0 aliphatic heterocycles. The fourth-order valence-corrected chi connectivity index (χ4v) is 6.77. The molecule has 1 aromatic carbocycles.